The Morgan fingerprint density at radius 2 is 1.54 bits per heavy atom. The summed E-state index contributed by atoms with van der Waals surface area (Å²) in [4.78, 5) is 45.3. The molecule has 0 heterocycles. The van der Waals surface area contributed by atoms with Crippen molar-refractivity contribution in [3.05, 3.63) is 53.1 Å². The molecule has 1 aromatic rings. The van der Waals surface area contributed by atoms with Crippen molar-refractivity contribution in [2.75, 3.05) is 14.1 Å². The third-order valence-electron chi connectivity index (χ3n) is 3.68. The fourth-order valence-corrected chi connectivity index (χ4v) is 2.40. The van der Waals surface area contributed by atoms with Gasteiger partial charge in [0.15, 0.2) is 5.41 Å². The molecule has 0 radical (unpaired) electrons. The minimum absolute atomic E-state index is 0. The first-order valence-electron chi connectivity index (χ1n) is 7.64. The van der Waals surface area contributed by atoms with E-state index in [1.165, 1.54) is 24.3 Å². The monoisotopic (exact) mass is 419 g/mol. The molecule has 0 unspecified atom stereocenters. The third-order valence-corrected chi connectivity index (χ3v) is 3.68. The standard InChI is InChI=1S/C16H12O8.C2H7N.Ca.2H/c17-12(18)9-3-1-2-8(4-9)10-5-11(13(19)20)7-16(6-10,14(21)22)15(23)24;1-3-2;;;/h1-6H,7H2,(H,17,18)(H,19,20)(H,21,22)(H,23,24);3H,1-2H3;;;/q;;+2;2*-1. The molecule has 0 fully saturated rings. The first-order valence-corrected chi connectivity index (χ1v) is 7.64. The quantitative estimate of drug-likeness (QED) is 0.346. The second-order valence-corrected chi connectivity index (χ2v) is 5.72. The molecule has 1 aromatic carbocycles. The van der Waals surface area contributed by atoms with E-state index in [0.717, 1.165) is 12.2 Å². The van der Waals surface area contributed by atoms with Crippen molar-refractivity contribution < 1.29 is 42.5 Å². The number of hydrogen-bond acceptors (Lipinski definition) is 5. The third kappa shape index (κ3) is 5.90. The molecule has 0 saturated heterocycles. The van der Waals surface area contributed by atoms with E-state index in [1.54, 1.807) is 0 Å². The van der Waals surface area contributed by atoms with Crippen LogP contribution in [0.2, 0.25) is 0 Å². The maximum Gasteiger partial charge on any atom is 2.00 e. The van der Waals surface area contributed by atoms with Gasteiger partial charge in [0.05, 0.1) is 5.56 Å². The van der Waals surface area contributed by atoms with Crippen molar-refractivity contribution in [2.24, 2.45) is 5.41 Å². The van der Waals surface area contributed by atoms with E-state index in [0.29, 0.717) is 0 Å². The molecule has 0 spiro atoms. The average Bonchev–Trinajstić information content (AvgIpc) is 2.61. The van der Waals surface area contributed by atoms with Crippen LogP contribution in [-0.4, -0.2) is 96.1 Å². The second kappa shape index (κ2) is 11.0. The molecule has 9 nitrogen and oxygen atoms in total. The topological polar surface area (TPSA) is 161 Å². The van der Waals surface area contributed by atoms with Crippen LogP contribution in [-0.2, 0) is 14.4 Å². The summed E-state index contributed by atoms with van der Waals surface area (Å²) in [6.45, 7) is 0. The van der Waals surface area contributed by atoms with Gasteiger partial charge in [-0.25, -0.2) is 9.59 Å². The Hall–Kier alpha value is -2.20. The summed E-state index contributed by atoms with van der Waals surface area (Å²) in [7, 11) is 3.75. The van der Waals surface area contributed by atoms with E-state index in [9.17, 15) is 29.4 Å². The summed E-state index contributed by atoms with van der Waals surface area (Å²) in [6, 6.07) is 5.35. The van der Waals surface area contributed by atoms with E-state index in [1.807, 2.05) is 14.1 Å². The van der Waals surface area contributed by atoms with Gasteiger partial charge < -0.3 is 28.6 Å². The molecule has 0 aromatic heterocycles. The maximum atomic E-state index is 11.5. The maximum absolute atomic E-state index is 11.5. The molecule has 1 aliphatic rings. The smallest absolute Gasteiger partial charge is 1.00 e. The second-order valence-electron chi connectivity index (χ2n) is 5.72. The molecule has 0 aliphatic heterocycles. The minimum Gasteiger partial charge on any atom is -1.00 e. The Morgan fingerprint density at radius 3 is 1.96 bits per heavy atom. The predicted molar refractivity (Wildman–Crippen MR) is 102 cm³/mol. The van der Waals surface area contributed by atoms with Crippen molar-refractivity contribution in [3.8, 4) is 0 Å². The summed E-state index contributed by atoms with van der Waals surface area (Å²) < 4.78 is 0. The molecule has 0 bridgehead atoms. The van der Waals surface area contributed by atoms with Crippen LogP contribution >= 0.6 is 0 Å². The van der Waals surface area contributed by atoms with Crippen LogP contribution in [0.5, 0.6) is 0 Å². The largest absolute Gasteiger partial charge is 2.00 e. The van der Waals surface area contributed by atoms with Crippen molar-refractivity contribution in [2.45, 2.75) is 6.42 Å². The van der Waals surface area contributed by atoms with E-state index in [4.69, 9.17) is 10.2 Å². The molecule has 1 aliphatic carbocycles. The first-order chi connectivity index (χ1) is 12.6. The van der Waals surface area contributed by atoms with E-state index in [-0.39, 0.29) is 57.3 Å². The number of carbonyl (C=O) groups is 4. The Labute approximate surface area is 193 Å². The molecule has 0 amide bonds. The van der Waals surface area contributed by atoms with Gasteiger partial charge in [-0.15, -0.1) is 0 Å². The summed E-state index contributed by atoms with van der Waals surface area (Å²) in [6.07, 6.45) is 1.37. The number of carboxylic acid groups (broad SMARTS) is 4. The summed E-state index contributed by atoms with van der Waals surface area (Å²) >= 11 is 0. The van der Waals surface area contributed by atoms with Crippen LogP contribution in [0.4, 0.5) is 0 Å². The minimum atomic E-state index is -2.43. The number of aliphatic carboxylic acids is 3. The summed E-state index contributed by atoms with van der Waals surface area (Å²) in [5.74, 6) is -6.07. The van der Waals surface area contributed by atoms with Crippen LogP contribution in [0.3, 0.4) is 0 Å². The van der Waals surface area contributed by atoms with Gasteiger partial charge in [0.2, 0.25) is 0 Å². The molecular weight excluding hydrogens is 398 g/mol. The number of benzene rings is 1. The molecule has 2 rings (SSSR count). The average molecular weight is 419 g/mol. The van der Waals surface area contributed by atoms with Gasteiger partial charge in [-0.2, -0.15) is 0 Å². The number of nitrogens with one attached hydrogen (secondary N) is 1. The Bertz CT molecular complexity index is 840. The Morgan fingerprint density at radius 1 is 1.00 bits per heavy atom. The Balaban J connectivity index is -0.00000114. The van der Waals surface area contributed by atoms with Gasteiger partial charge in [0.1, 0.15) is 0 Å². The molecule has 0 saturated carbocycles. The van der Waals surface area contributed by atoms with Crippen LogP contribution in [0.25, 0.3) is 5.57 Å². The molecule has 148 valence electrons. The van der Waals surface area contributed by atoms with Gasteiger partial charge in [-0.3, -0.25) is 9.59 Å². The van der Waals surface area contributed by atoms with Gasteiger partial charge in [0, 0.05) is 12.0 Å². The zero-order chi connectivity index (χ0) is 20.8. The van der Waals surface area contributed by atoms with Crippen molar-refractivity contribution in [3.63, 3.8) is 0 Å². The van der Waals surface area contributed by atoms with Gasteiger partial charge in [-0.1, -0.05) is 12.1 Å². The summed E-state index contributed by atoms with van der Waals surface area (Å²) in [5.41, 5.74) is -2.69. The zero-order valence-corrected chi connectivity index (χ0v) is 17.5. The fraction of sp³-hybridized carbons (Fsp3) is 0.222. The van der Waals surface area contributed by atoms with Gasteiger partial charge in [0.25, 0.3) is 0 Å². The zero-order valence-electron chi connectivity index (χ0n) is 17.3. The first kappa shape index (κ1) is 25.8. The molecule has 10 heteroatoms. The van der Waals surface area contributed by atoms with Crippen molar-refractivity contribution in [1.82, 2.24) is 5.32 Å². The molecule has 28 heavy (non-hydrogen) atoms. The number of rotatable bonds is 5. The number of carboxylic acids is 4. The number of aromatic carboxylic acids is 1. The fourth-order valence-electron chi connectivity index (χ4n) is 2.40. The van der Waals surface area contributed by atoms with Crippen molar-refractivity contribution in [1.29, 1.82) is 0 Å². The predicted octanol–water partition coefficient (Wildman–Crippen LogP) is 1.02. The molecule has 5 N–H and O–H groups in total. The van der Waals surface area contributed by atoms with Crippen LogP contribution in [0, 0.1) is 5.41 Å². The Kier molecular flexibility index (Phi) is 10.1. The van der Waals surface area contributed by atoms with Crippen LogP contribution < -0.4 is 5.32 Å². The van der Waals surface area contributed by atoms with E-state index in [2.05, 4.69) is 5.32 Å². The van der Waals surface area contributed by atoms with Crippen molar-refractivity contribution >= 4 is 67.2 Å². The van der Waals surface area contributed by atoms with Gasteiger partial charge in [-0.05, 0) is 49.5 Å². The number of allylic oxidation sites excluding steroid dienone is 2. The van der Waals surface area contributed by atoms with Crippen LogP contribution in [0.15, 0.2) is 42.0 Å². The molecule has 0 atom stereocenters. The van der Waals surface area contributed by atoms with Crippen LogP contribution in [0.1, 0.15) is 25.2 Å². The summed E-state index contributed by atoms with van der Waals surface area (Å²) in [5, 5.41) is 39.6. The number of hydrogen-bond donors (Lipinski definition) is 5. The molecular formula is C18H21CaNO8. The van der Waals surface area contributed by atoms with E-state index < -0.39 is 41.3 Å². The van der Waals surface area contributed by atoms with E-state index >= 15 is 0 Å². The SMILES string of the molecule is CNC.O=C(O)C1=CC(c2cccc(C(=O)O)c2)=CC(C(=O)O)(C(=O)O)C1.[Ca+2].[H-].[H-]. The normalized spacial score (nSPS) is 14.2. The van der Waals surface area contributed by atoms with Gasteiger partial charge >= 0.3 is 61.6 Å².